The molecule has 0 rings (SSSR count). The predicted molar refractivity (Wildman–Crippen MR) is 280 cm³/mol. The molecular weight excluding hydrogens is 777 g/mol. The van der Waals surface area contributed by atoms with E-state index in [9.17, 15) is 9.59 Å². The SMILES string of the molecule is CCCCCCCC/C=C\CCCCCCCC(=O)O.CCCCCCCC/C=C\CCCCCCCC(=O)O.CCCCCCCCC=CCCCCCCCCNCCCN. The van der Waals surface area contributed by atoms with Crippen LogP contribution in [0.2, 0.25) is 0 Å². The topological polar surface area (TPSA) is 113 Å². The van der Waals surface area contributed by atoms with Gasteiger partial charge in [-0.3, -0.25) is 9.59 Å². The van der Waals surface area contributed by atoms with Crippen molar-refractivity contribution in [2.24, 2.45) is 5.73 Å². The van der Waals surface area contributed by atoms with Crippen molar-refractivity contribution in [3.05, 3.63) is 36.5 Å². The molecule has 0 aromatic carbocycles. The van der Waals surface area contributed by atoms with E-state index in [1.165, 1.54) is 238 Å². The molecule has 6 heteroatoms. The molecule has 0 amide bonds. The van der Waals surface area contributed by atoms with Gasteiger partial charge in [-0.1, -0.05) is 218 Å². The fraction of sp³-hybridized carbons (Fsp3) is 0.860. The van der Waals surface area contributed by atoms with E-state index in [1.54, 1.807) is 0 Å². The second-order valence-electron chi connectivity index (χ2n) is 18.3. The molecule has 0 radical (unpaired) electrons. The van der Waals surface area contributed by atoms with Crippen LogP contribution in [0.1, 0.15) is 297 Å². The quantitative estimate of drug-likeness (QED) is 0.0358. The molecule has 0 aromatic heterocycles. The molecular formula is C57H112N2O4. The molecule has 6 nitrogen and oxygen atoms in total. The van der Waals surface area contributed by atoms with Crippen LogP contribution in [0.15, 0.2) is 36.5 Å². The Bertz CT molecular complexity index is 883. The van der Waals surface area contributed by atoms with Crippen LogP contribution in [0.5, 0.6) is 0 Å². The minimum absolute atomic E-state index is 0.332. The zero-order chi connectivity index (χ0) is 46.6. The molecule has 0 saturated heterocycles. The number of carbonyl (C=O) groups is 2. The van der Waals surface area contributed by atoms with Crippen LogP contribution < -0.4 is 11.1 Å². The predicted octanol–water partition coefficient (Wildman–Crippen LogP) is 18.2. The molecule has 0 bridgehead atoms. The van der Waals surface area contributed by atoms with E-state index in [1.807, 2.05) is 0 Å². The van der Waals surface area contributed by atoms with Gasteiger partial charge in [0.05, 0.1) is 0 Å². The Labute approximate surface area is 394 Å². The molecule has 374 valence electrons. The van der Waals surface area contributed by atoms with Crippen molar-refractivity contribution in [3.63, 3.8) is 0 Å². The highest BCUT2D eigenvalue weighted by atomic mass is 16.4. The summed E-state index contributed by atoms with van der Waals surface area (Å²) in [5, 5.41) is 20.5. The number of rotatable bonds is 49. The van der Waals surface area contributed by atoms with E-state index in [4.69, 9.17) is 15.9 Å². The number of hydrogen-bond acceptors (Lipinski definition) is 4. The molecule has 0 aliphatic carbocycles. The Morgan fingerprint density at radius 1 is 0.333 bits per heavy atom. The minimum Gasteiger partial charge on any atom is -0.481 e. The molecule has 0 unspecified atom stereocenters. The van der Waals surface area contributed by atoms with E-state index in [-0.39, 0.29) is 0 Å². The van der Waals surface area contributed by atoms with Crippen LogP contribution >= 0.6 is 0 Å². The molecule has 5 N–H and O–H groups in total. The normalized spacial score (nSPS) is 11.4. The number of aliphatic carboxylic acids is 2. The summed E-state index contributed by atoms with van der Waals surface area (Å²) < 4.78 is 0. The lowest BCUT2D eigenvalue weighted by molar-refractivity contribution is -0.138. The summed E-state index contributed by atoms with van der Waals surface area (Å²) in [6.07, 6.45) is 67.7. The van der Waals surface area contributed by atoms with Gasteiger partial charge < -0.3 is 21.3 Å². The first kappa shape index (κ1) is 65.4. The van der Waals surface area contributed by atoms with Gasteiger partial charge in [-0.25, -0.2) is 0 Å². The molecule has 0 saturated carbocycles. The van der Waals surface area contributed by atoms with Crippen LogP contribution in [0.3, 0.4) is 0 Å². The van der Waals surface area contributed by atoms with Crippen molar-refractivity contribution in [2.75, 3.05) is 19.6 Å². The Hall–Kier alpha value is -1.92. The van der Waals surface area contributed by atoms with Crippen molar-refractivity contribution < 1.29 is 19.8 Å². The molecule has 0 aliphatic heterocycles. The Morgan fingerprint density at radius 3 is 0.810 bits per heavy atom. The van der Waals surface area contributed by atoms with Crippen LogP contribution in [0.25, 0.3) is 0 Å². The van der Waals surface area contributed by atoms with Crippen molar-refractivity contribution in [1.82, 2.24) is 5.32 Å². The number of hydrogen-bond donors (Lipinski definition) is 4. The van der Waals surface area contributed by atoms with Gasteiger partial charge in [-0.2, -0.15) is 0 Å². The molecule has 0 aromatic rings. The van der Waals surface area contributed by atoms with Crippen LogP contribution in [0.4, 0.5) is 0 Å². The average Bonchev–Trinajstić information content (AvgIpc) is 3.27. The number of carboxylic acid groups (broad SMARTS) is 2. The first-order chi connectivity index (χ1) is 31.0. The lowest BCUT2D eigenvalue weighted by atomic mass is 10.1. The van der Waals surface area contributed by atoms with E-state index < -0.39 is 11.9 Å². The standard InChI is InChI=1S/C21H44N2.2C18H34O2/c1-2-3-4-5-6-7-8-9-10-11-12-13-14-15-16-17-20-23-21-18-19-22;2*1-2-3-4-5-6-7-8-9-10-11-12-13-14-15-16-17-18(19)20/h9-10,23H,2-8,11-22H2,1H3;2*9-10H,2-8,11-17H2,1H3,(H,19,20)/b;2*10-9-. The lowest BCUT2D eigenvalue weighted by Gasteiger charge is -2.03. The number of carboxylic acids is 2. The summed E-state index contributed by atoms with van der Waals surface area (Å²) in [6, 6.07) is 0. The largest absolute Gasteiger partial charge is 0.481 e. The third kappa shape index (κ3) is 74.7. The summed E-state index contributed by atoms with van der Waals surface area (Å²) in [6.45, 7) is 9.86. The van der Waals surface area contributed by atoms with Crippen molar-refractivity contribution >= 4 is 11.9 Å². The first-order valence-electron chi connectivity index (χ1n) is 27.7. The van der Waals surface area contributed by atoms with Gasteiger partial charge in [0.2, 0.25) is 0 Å². The van der Waals surface area contributed by atoms with Gasteiger partial charge in [0, 0.05) is 12.8 Å². The average molecular weight is 890 g/mol. The molecule has 0 spiro atoms. The van der Waals surface area contributed by atoms with Gasteiger partial charge in [-0.05, 0) is 122 Å². The molecule has 0 heterocycles. The summed E-state index contributed by atoms with van der Waals surface area (Å²) in [5.41, 5.74) is 5.46. The molecule has 0 aliphatic rings. The maximum Gasteiger partial charge on any atom is 0.303 e. The van der Waals surface area contributed by atoms with E-state index in [0.29, 0.717) is 12.8 Å². The summed E-state index contributed by atoms with van der Waals surface area (Å²) >= 11 is 0. The van der Waals surface area contributed by atoms with Crippen LogP contribution in [-0.2, 0) is 9.59 Å². The van der Waals surface area contributed by atoms with Gasteiger partial charge in [0.25, 0.3) is 0 Å². The van der Waals surface area contributed by atoms with Crippen molar-refractivity contribution in [1.29, 1.82) is 0 Å². The molecule has 0 atom stereocenters. The summed E-state index contributed by atoms with van der Waals surface area (Å²) in [5.74, 6) is -1.33. The maximum atomic E-state index is 10.3. The highest BCUT2D eigenvalue weighted by Gasteiger charge is 1.98. The number of allylic oxidation sites excluding steroid dienone is 6. The lowest BCUT2D eigenvalue weighted by Crippen LogP contribution is -2.19. The van der Waals surface area contributed by atoms with E-state index in [2.05, 4.69) is 62.5 Å². The van der Waals surface area contributed by atoms with Crippen molar-refractivity contribution in [3.8, 4) is 0 Å². The second kappa shape index (κ2) is 64.4. The molecule has 63 heavy (non-hydrogen) atoms. The summed E-state index contributed by atoms with van der Waals surface area (Å²) in [7, 11) is 0. The Balaban J connectivity index is -0.000000860. The highest BCUT2D eigenvalue weighted by Crippen LogP contribution is 2.13. The van der Waals surface area contributed by atoms with E-state index >= 15 is 0 Å². The molecule has 0 fully saturated rings. The maximum absolute atomic E-state index is 10.3. The zero-order valence-electron chi connectivity index (χ0n) is 42.8. The third-order valence-corrected chi connectivity index (χ3v) is 11.7. The van der Waals surface area contributed by atoms with Crippen LogP contribution in [0, 0.1) is 0 Å². The van der Waals surface area contributed by atoms with Crippen molar-refractivity contribution in [2.45, 2.75) is 297 Å². The minimum atomic E-state index is -0.664. The second-order valence-corrected chi connectivity index (χ2v) is 18.3. The van der Waals surface area contributed by atoms with Gasteiger partial charge >= 0.3 is 11.9 Å². The number of unbranched alkanes of at least 4 members (excludes halogenated alkanes) is 34. The monoisotopic (exact) mass is 889 g/mol. The van der Waals surface area contributed by atoms with Gasteiger partial charge in [-0.15, -0.1) is 0 Å². The fourth-order valence-corrected chi connectivity index (χ4v) is 7.54. The van der Waals surface area contributed by atoms with Gasteiger partial charge in [0.15, 0.2) is 0 Å². The third-order valence-electron chi connectivity index (χ3n) is 11.7. The Kier molecular flexibility index (Phi) is 66.8. The first-order valence-corrected chi connectivity index (χ1v) is 27.7. The van der Waals surface area contributed by atoms with E-state index in [0.717, 1.165) is 45.2 Å². The number of nitrogens with two attached hydrogens (primary N) is 1. The zero-order valence-corrected chi connectivity index (χ0v) is 42.8. The number of nitrogens with one attached hydrogen (secondary N) is 1. The highest BCUT2D eigenvalue weighted by molar-refractivity contribution is 5.66. The Morgan fingerprint density at radius 2 is 0.556 bits per heavy atom. The van der Waals surface area contributed by atoms with Crippen LogP contribution in [-0.4, -0.2) is 41.8 Å². The summed E-state index contributed by atoms with van der Waals surface area (Å²) in [4.78, 5) is 20.6. The van der Waals surface area contributed by atoms with Gasteiger partial charge in [0.1, 0.15) is 0 Å². The smallest absolute Gasteiger partial charge is 0.303 e. The fourth-order valence-electron chi connectivity index (χ4n) is 7.54.